The van der Waals surface area contributed by atoms with Crippen molar-refractivity contribution >= 4 is 21.6 Å². The molecule has 0 aliphatic rings. The van der Waals surface area contributed by atoms with Crippen LogP contribution in [-0.4, -0.2) is 34.2 Å². The number of nitrogens with one attached hydrogen (secondary N) is 1. The lowest BCUT2D eigenvalue weighted by Gasteiger charge is -2.25. The van der Waals surface area contributed by atoms with Crippen LogP contribution in [0.4, 0.5) is 5.69 Å². The van der Waals surface area contributed by atoms with E-state index in [0.717, 1.165) is 27.3 Å². The van der Waals surface area contributed by atoms with Gasteiger partial charge in [0, 0.05) is 0 Å². The number of ether oxygens (including phenoxy) is 1. The van der Waals surface area contributed by atoms with Crippen molar-refractivity contribution < 1.29 is 17.9 Å². The van der Waals surface area contributed by atoms with Gasteiger partial charge in [-0.2, -0.15) is 0 Å². The molecule has 0 aliphatic heterocycles. The lowest BCUT2D eigenvalue weighted by Crippen LogP contribution is -2.41. The number of amides is 1. The van der Waals surface area contributed by atoms with Gasteiger partial charge < -0.3 is 10.1 Å². The van der Waals surface area contributed by atoms with Crippen molar-refractivity contribution in [2.24, 2.45) is 0 Å². The highest BCUT2D eigenvalue weighted by Crippen LogP contribution is 2.31. The average Bonchev–Trinajstić information content (AvgIpc) is 2.64. The van der Waals surface area contributed by atoms with Gasteiger partial charge in [-0.15, -0.1) is 0 Å². The van der Waals surface area contributed by atoms with E-state index in [9.17, 15) is 13.2 Å². The zero-order valence-corrected chi connectivity index (χ0v) is 17.8. The first-order valence-corrected chi connectivity index (χ1v) is 11.0. The van der Waals surface area contributed by atoms with Crippen molar-refractivity contribution in [2.75, 3.05) is 24.2 Å². The van der Waals surface area contributed by atoms with Crippen LogP contribution in [0.5, 0.6) is 5.75 Å². The van der Waals surface area contributed by atoms with Crippen molar-refractivity contribution in [3.63, 3.8) is 0 Å². The molecule has 0 aliphatic carbocycles. The standard InChI is InChI=1S/C21H28N2O4S/c1-6-18(17-10-7-15(2)8-11-17)22-21(24)14-23(28(5,25)26)19-13-16(3)9-12-20(19)27-4/h7-13,18H,6,14H2,1-5H3,(H,22,24)/t18-/m0/s1. The number of carbonyl (C=O) groups is 1. The third kappa shape index (κ3) is 5.48. The molecule has 0 spiro atoms. The lowest BCUT2D eigenvalue weighted by atomic mass is 10.0. The molecule has 1 atom stereocenters. The summed E-state index contributed by atoms with van der Waals surface area (Å²) in [5.74, 6) is 0.0239. The van der Waals surface area contributed by atoms with Crippen LogP contribution in [0, 0.1) is 13.8 Å². The summed E-state index contributed by atoms with van der Waals surface area (Å²) in [5, 5.41) is 2.94. The first-order chi connectivity index (χ1) is 13.2. The van der Waals surface area contributed by atoms with Crippen molar-refractivity contribution in [1.29, 1.82) is 0 Å². The summed E-state index contributed by atoms with van der Waals surface area (Å²) < 4.78 is 31.2. The Morgan fingerprint density at radius 1 is 1.11 bits per heavy atom. The van der Waals surface area contributed by atoms with Crippen LogP contribution in [0.3, 0.4) is 0 Å². The molecule has 0 fully saturated rings. The number of anilines is 1. The number of nitrogens with zero attached hydrogens (tertiary/aromatic N) is 1. The maximum absolute atomic E-state index is 12.7. The van der Waals surface area contributed by atoms with Crippen LogP contribution in [0.2, 0.25) is 0 Å². The summed E-state index contributed by atoms with van der Waals surface area (Å²) in [6.07, 6.45) is 1.78. The highest BCUT2D eigenvalue weighted by molar-refractivity contribution is 7.92. The minimum absolute atomic E-state index is 0.186. The first-order valence-electron chi connectivity index (χ1n) is 9.14. The van der Waals surface area contributed by atoms with Gasteiger partial charge in [-0.05, 0) is 43.5 Å². The van der Waals surface area contributed by atoms with Crippen LogP contribution in [0.1, 0.15) is 36.1 Å². The number of aryl methyl sites for hydroxylation is 2. The molecule has 2 rings (SSSR count). The van der Waals surface area contributed by atoms with Crippen molar-refractivity contribution in [2.45, 2.75) is 33.2 Å². The van der Waals surface area contributed by atoms with Gasteiger partial charge in [0.05, 0.1) is 25.1 Å². The zero-order chi connectivity index (χ0) is 20.9. The number of hydrogen-bond donors (Lipinski definition) is 1. The molecule has 6 nitrogen and oxygen atoms in total. The molecular weight excluding hydrogens is 376 g/mol. The summed E-state index contributed by atoms with van der Waals surface area (Å²) >= 11 is 0. The molecule has 0 unspecified atom stereocenters. The molecule has 2 aromatic rings. The van der Waals surface area contributed by atoms with Crippen molar-refractivity contribution in [3.05, 3.63) is 59.2 Å². The van der Waals surface area contributed by atoms with E-state index in [4.69, 9.17) is 4.74 Å². The highest BCUT2D eigenvalue weighted by Gasteiger charge is 2.25. The van der Waals surface area contributed by atoms with E-state index < -0.39 is 10.0 Å². The zero-order valence-electron chi connectivity index (χ0n) is 17.0. The van der Waals surface area contributed by atoms with E-state index in [1.165, 1.54) is 7.11 Å². The van der Waals surface area contributed by atoms with E-state index in [0.29, 0.717) is 17.9 Å². The van der Waals surface area contributed by atoms with Crippen LogP contribution in [-0.2, 0) is 14.8 Å². The second kappa shape index (κ2) is 9.10. The van der Waals surface area contributed by atoms with Gasteiger partial charge in [-0.3, -0.25) is 9.10 Å². The van der Waals surface area contributed by atoms with Crippen LogP contribution >= 0.6 is 0 Å². The lowest BCUT2D eigenvalue weighted by molar-refractivity contribution is -0.120. The molecule has 0 bridgehead atoms. The third-order valence-electron chi connectivity index (χ3n) is 4.51. The van der Waals surface area contributed by atoms with Crippen LogP contribution < -0.4 is 14.4 Å². The van der Waals surface area contributed by atoms with Gasteiger partial charge in [0.15, 0.2) is 0 Å². The number of carbonyl (C=O) groups excluding carboxylic acids is 1. The number of benzene rings is 2. The monoisotopic (exact) mass is 404 g/mol. The molecule has 1 amide bonds. The van der Waals surface area contributed by atoms with Gasteiger partial charge >= 0.3 is 0 Å². The molecule has 7 heteroatoms. The summed E-state index contributed by atoms with van der Waals surface area (Å²) in [6, 6.07) is 13.0. The molecule has 0 saturated heterocycles. The van der Waals surface area contributed by atoms with E-state index in [2.05, 4.69) is 5.32 Å². The quantitative estimate of drug-likeness (QED) is 0.732. The number of rotatable bonds is 8. The Morgan fingerprint density at radius 3 is 2.25 bits per heavy atom. The molecule has 0 radical (unpaired) electrons. The number of hydrogen-bond acceptors (Lipinski definition) is 4. The SMILES string of the molecule is CC[C@H](NC(=O)CN(c1cc(C)ccc1OC)S(C)(=O)=O)c1ccc(C)cc1. The smallest absolute Gasteiger partial charge is 0.241 e. The van der Waals surface area contributed by atoms with E-state index >= 15 is 0 Å². The second-order valence-electron chi connectivity index (χ2n) is 6.88. The minimum Gasteiger partial charge on any atom is -0.495 e. The third-order valence-corrected chi connectivity index (χ3v) is 5.64. The van der Waals surface area contributed by atoms with Crippen molar-refractivity contribution in [3.8, 4) is 5.75 Å². The Kier molecular flexibility index (Phi) is 7.07. The summed E-state index contributed by atoms with van der Waals surface area (Å²) in [7, 11) is -2.21. The Balaban J connectivity index is 2.26. The normalized spacial score (nSPS) is 12.3. The topological polar surface area (TPSA) is 75.7 Å². The average molecular weight is 405 g/mol. The fourth-order valence-corrected chi connectivity index (χ4v) is 3.82. The fraction of sp³-hybridized carbons (Fsp3) is 0.381. The van der Waals surface area contributed by atoms with Gasteiger partial charge in [0.25, 0.3) is 0 Å². The van der Waals surface area contributed by atoms with E-state index in [-0.39, 0.29) is 18.5 Å². The Morgan fingerprint density at radius 2 is 1.71 bits per heavy atom. The highest BCUT2D eigenvalue weighted by atomic mass is 32.2. The van der Waals surface area contributed by atoms with Crippen LogP contribution in [0.15, 0.2) is 42.5 Å². The van der Waals surface area contributed by atoms with Gasteiger partial charge in [0.1, 0.15) is 12.3 Å². The maximum Gasteiger partial charge on any atom is 0.241 e. The minimum atomic E-state index is -3.68. The summed E-state index contributed by atoms with van der Waals surface area (Å²) in [4.78, 5) is 12.7. The fourth-order valence-electron chi connectivity index (χ4n) is 2.97. The molecule has 1 N–H and O–H groups in total. The first kappa shape index (κ1) is 21.8. The predicted octanol–water partition coefficient (Wildman–Crippen LogP) is 3.35. The Hall–Kier alpha value is -2.54. The molecule has 0 saturated carbocycles. The molecular formula is C21H28N2O4S. The van der Waals surface area contributed by atoms with E-state index in [1.807, 2.05) is 51.1 Å². The summed E-state index contributed by atoms with van der Waals surface area (Å²) in [6.45, 7) is 5.51. The number of sulfonamides is 1. The summed E-state index contributed by atoms with van der Waals surface area (Å²) in [5.41, 5.74) is 3.35. The predicted molar refractivity (Wildman–Crippen MR) is 112 cm³/mol. The molecule has 2 aromatic carbocycles. The molecule has 152 valence electrons. The number of methoxy groups -OCH3 is 1. The Bertz CT molecular complexity index is 924. The van der Waals surface area contributed by atoms with Gasteiger partial charge in [-0.1, -0.05) is 42.8 Å². The maximum atomic E-state index is 12.7. The molecule has 28 heavy (non-hydrogen) atoms. The molecule has 0 aromatic heterocycles. The molecule has 0 heterocycles. The Labute approximate surface area is 167 Å². The largest absolute Gasteiger partial charge is 0.495 e. The van der Waals surface area contributed by atoms with E-state index in [1.54, 1.807) is 12.1 Å². The van der Waals surface area contributed by atoms with Crippen molar-refractivity contribution in [1.82, 2.24) is 5.32 Å². The van der Waals surface area contributed by atoms with Gasteiger partial charge in [-0.25, -0.2) is 8.42 Å². The second-order valence-corrected chi connectivity index (χ2v) is 8.79. The van der Waals surface area contributed by atoms with Gasteiger partial charge in [0.2, 0.25) is 15.9 Å². The van der Waals surface area contributed by atoms with Crippen LogP contribution in [0.25, 0.3) is 0 Å².